The summed E-state index contributed by atoms with van der Waals surface area (Å²) in [6, 6.07) is 0.266. The van der Waals surface area contributed by atoms with Crippen LogP contribution in [0.4, 0.5) is 4.79 Å². The molecule has 4 heteroatoms. The first-order valence-corrected chi connectivity index (χ1v) is 7.05. The van der Waals surface area contributed by atoms with E-state index in [0.29, 0.717) is 5.92 Å². The highest BCUT2D eigenvalue weighted by Gasteiger charge is 2.25. The summed E-state index contributed by atoms with van der Waals surface area (Å²) in [7, 11) is 0. The molecule has 17 heavy (non-hydrogen) atoms. The van der Waals surface area contributed by atoms with Crippen molar-refractivity contribution in [3.05, 3.63) is 0 Å². The summed E-state index contributed by atoms with van der Waals surface area (Å²) >= 11 is 0. The number of likely N-dealkylation sites (tertiary alicyclic amines) is 2. The first-order valence-electron chi connectivity index (χ1n) is 7.05. The van der Waals surface area contributed by atoms with Gasteiger partial charge in [0.05, 0.1) is 0 Å². The van der Waals surface area contributed by atoms with Crippen molar-refractivity contribution in [3.63, 3.8) is 0 Å². The molecule has 2 aliphatic heterocycles. The molecule has 2 amide bonds. The highest BCUT2D eigenvalue weighted by atomic mass is 16.2. The van der Waals surface area contributed by atoms with E-state index in [9.17, 15) is 4.79 Å². The molecule has 0 aromatic carbocycles. The largest absolute Gasteiger partial charge is 0.330 e. The van der Waals surface area contributed by atoms with E-state index in [1.165, 1.54) is 25.7 Å². The molecule has 0 unspecified atom stereocenters. The van der Waals surface area contributed by atoms with E-state index in [1.807, 2.05) is 4.90 Å². The van der Waals surface area contributed by atoms with E-state index < -0.39 is 0 Å². The van der Waals surface area contributed by atoms with Crippen molar-refractivity contribution in [2.45, 2.75) is 38.5 Å². The Bertz CT molecular complexity index is 241. The molecule has 0 aromatic rings. The quantitative estimate of drug-likeness (QED) is 0.756. The van der Waals surface area contributed by atoms with Gasteiger partial charge in [0.25, 0.3) is 0 Å². The zero-order valence-electron chi connectivity index (χ0n) is 10.7. The van der Waals surface area contributed by atoms with E-state index in [-0.39, 0.29) is 6.03 Å². The third kappa shape index (κ3) is 3.35. The fourth-order valence-electron chi connectivity index (χ4n) is 2.82. The van der Waals surface area contributed by atoms with Crippen molar-refractivity contribution < 1.29 is 4.79 Å². The van der Waals surface area contributed by atoms with Crippen LogP contribution >= 0.6 is 0 Å². The summed E-state index contributed by atoms with van der Waals surface area (Å²) in [6.45, 7) is 4.48. The minimum absolute atomic E-state index is 0.266. The predicted molar refractivity (Wildman–Crippen MR) is 68.8 cm³/mol. The molecule has 2 heterocycles. The third-order valence-corrected chi connectivity index (χ3v) is 4.09. The van der Waals surface area contributed by atoms with Gasteiger partial charge in [-0.1, -0.05) is 12.8 Å². The number of carbonyl (C=O) groups is 1. The van der Waals surface area contributed by atoms with Gasteiger partial charge >= 0.3 is 6.03 Å². The molecule has 4 nitrogen and oxygen atoms in total. The Morgan fingerprint density at radius 3 is 2.00 bits per heavy atom. The molecule has 98 valence electrons. The summed E-state index contributed by atoms with van der Waals surface area (Å²) in [5, 5.41) is 0. The number of rotatable bonds is 1. The van der Waals surface area contributed by atoms with Gasteiger partial charge in [0.1, 0.15) is 0 Å². The predicted octanol–water partition coefficient (Wildman–Crippen LogP) is 1.65. The van der Waals surface area contributed by atoms with Gasteiger partial charge < -0.3 is 15.5 Å². The minimum atomic E-state index is 0.266. The number of hydrogen-bond donors (Lipinski definition) is 1. The number of nitrogens with zero attached hydrogens (tertiary/aromatic N) is 2. The highest BCUT2D eigenvalue weighted by Crippen LogP contribution is 2.18. The Kier molecular flexibility index (Phi) is 4.66. The van der Waals surface area contributed by atoms with E-state index in [4.69, 9.17) is 5.73 Å². The molecule has 2 aliphatic rings. The van der Waals surface area contributed by atoms with Crippen LogP contribution in [-0.2, 0) is 0 Å². The van der Waals surface area contributed by atoms with E-state index in [1.54, 1.807) is 0 Å². The molecule has 2 rings (SSSR count). The van der Waals surface area contributed by atoms with E-state index >= 15 is 0 Å². The second-order valence-corrected chi connectivity index (χ2v) is 5.35. The fourth-order valence-corrected chi connectivity index (χ4v) is 2.82. The lowest BCUT2D eigenvalue weighted by atomic mass is 9.97. The molecule has 2 N–H and O–H groups in total. The lowest BCUT2D eigenvalue weighted by Gasteiger charge is -2.35. The van der Waals surface area contributed by atoms with Gasteiger partial charge in [-0.15, -0.1) is 0 Å². The molecular weight excluding hydrogens is 214 g/mol. The van der Waals surface area contributed by atoms with Crippen molar-refractivity contribution in [2.75, 3.05) is 32.7 Å². The summed E-state index contributed by atoms with van der Waals surface area (Å²) in [5.41, 5.74) is 5.67. The van der Waals surface area contributed by atoms with Crippen molar-refractivity contribution in [1.29, 1.82) is 0 Å². The maximum Gasteiger partial charge on any atom is 0.319 e. The van der Waals surface area contributed by atoms with Crippen molar-refractivity contribution in [3.8, 4) is 0 Å². The average Bonchev–Trinajstić information content (AvgIpc) is 2.67. The van der Waals surface area contributed by atoms with E-state index in [2.05, 4.69) is 4.90 Å². The SMILES string of the molecule is NCC1CCN(C(=O)N2CCCCCC2)CC1. The summed E-state index contributed by atoms with van der Waals surface area (Å²) < 4.78 is 0. The molecule has 0 spiro atoms. The summed E-state index contributed by atoms with van der Waals surface area (Å²) in [5.74, 6) is 0.628. The number of urea groups is 1. The highest BCUT2D eigenvalue weighted by molar-refractivity contribution is 5.74. The zero-order valence-corrected chi connectivity index (χ0v) is 10.7. The van der Waals surface area contributed by atoms with Crippen LogP contribution in [0.15, 0.2) is 0 Å². The van der Waals surface area contributed by atoms with Crippen LogP contribution in [-0.4, -0.2) is 48.6 Å². The van der Waals surface area contributed by atoms with Gasteiger partial charge in [-0.3, -0.25) is 0 Å². The molecule has 0 aliphatic carbocycles. The normalized spacial score (nSPS) is 23.6. The minimum Gasteiger partial charge on any atom is -0.330 e. The summed E-state index contributed by atoms with van der Waals surface area (Å²) in [4.78, 5) is 16.4. The van der Waals surface area contributed by atoms with Gasteiger partial charge in [0.15, 0.2) is 0 Å². The van der Waals surface area contributed by atoms with Gasteiger partial charge in [0, 0.05) is 26.2 Å². The van der Waals surface area contributed by atoms with Crippen LogP contribution in [0, 0.1) is 5.92 Å². The Balaban J connectivity index is 1.82. The average molecular weight is 239 g/mol. The zero-order chi connectivity index (χ0) is 12.1. The molecular formula is C13H25N3O. The van der Waals surface area contributed by atoms with Crippen LogP contribution in [0.3, 0.4) is 0 Å². The Hall–Kier alpha value is -0.770. The molecule has 2 fully saturated rings. The van der Waals surface area contributed by atoms with Crippen molar-refractivity contribution in [1.82, 2.24) is 9.80 Å². The maximum atomic E-state index is 12.3. The molecule has 0 atom stereocenters. The standard InChI is InChI=1S/C13H25N3O/c14-11-12-5-9-16(10-6-12)13(17)15-7-3-1-2-4-8-15/h12H,1-11,14H2. The molecule has 0 saturated carbocycles. The molecule has 2 saturated heterocycles. The van der Waals surface area contributed by atoms with E-state index in [0.717, 1.165) is 45.6 Å². The fraction of sp³-hybridized carbons (Fsp3) is 0.923. The second kappa shape index (κ2) is 6.24. The lowest BCUT2D eigenvalue weighted by Crippen LogP contribution is -2.47. The third-order valence-electron chi connectivity index (χ3n) is 4.09. The first kappa shape index (κ1) is 12.7. The smallest absolute Gasteiger partial charge is 0.319 e. The van der Waals surface area contributed by atoms with Crippen LogP contribution in [0.1, 0.15) is 38.5 Å². The van der Waals surface area contributed by atoms with Gasteiger partial charge in [-0.25, -0.2) is 4.79 Å². The van der Waals surface area contributed by atoms with Crippen molar-refractivity contribution in [2.24, 2.45) is 11.7 Å². The molecule has 0 radical (unpaired) electrons. The first-order chi connectivity index (χ1) is 8.31. The van der Waals surface area contributed by atoms with Crippen LogP contribution in [0.5, 0.6) is 0 Å². The van der Waals surface area contributed by atoms with Gasteiger partial charge in [-0.05, 0) is 38.1 Å². The Labute approximate surface area is 104 Å². The molecule has 0 bridgehead atoms. The Morgan fingerprint density at radius 2 is 1.47 bits per heavy atom. The monoisotopic (exact) mass is 239 g/mol. The number of amides is 2. The maximum absolute atomic E-state index is 12.3. The topological polar surface area (TPSA) is 49.6 Å². The van der Waals surface area contributed by atoms with Crippen molar-refractivity contribution >= 4 is 6.03 Å². The van der Waals surface area contributed by atoms with Crippen LogP contribution < -0.4 is 5.73 Å². The van der Waals surface area contributed by atoms with Gasteiger partial charge in [0.2, 0.25) is 0 Å². The Morgan fingerprint density at radius 1 is 0.941 bits per heavy atom. The van der Waals surface area contributed by atoms with Crippen LogP contribution in [0.25, 0.3) is 0 Å². The second-order valence-electron chi connectivity index (χ2n) is 5.35. The van der Waals surface area contributed by atoms with Gasteiger partial charge in [-0.2, -0.15) is 0 Å². The van der Waals surface area contributed by atoms with Crippen LogP contribution in [0.2, 0.25) is 0 Å². The number of hydrogen-bond acceptors (Lipinski definition) is 2. The number of nitrogens with two attached hydrogens (primary N) is 1. The number of carbonyl (C=O) groups excluding carboxylic acids is 1. The number of piperidine rings is 1. The summed E-state index contributed by atoms with van der Waals surface area (Å²) in [6.07, 6.45) is 7.06. The lowest BCUT2D eigenvalue weighted by molar-refractivity contribution is 0.134. The molecule has 0 aromatic heterocycles.